The number of nitro benzene ring substituents is 1. The van der Waals surface area contributed by atoms with Gasteiger partial charge in [0.15, 0.2) is 0 Å². The molecule has 0 aliphatic heterocycles. The third-order valence-corrected chi connectivity index (χ3v) is 5.93. The number of hydrogen-bond donors (Lipinski definition) is 1. The van der Waals surface area contributed by atoms with E-state index in [9.17, 15) is 10.1 Å². The van der Waals surface area contributed by atoms with Crippen molar-refractivity contribution in [1.29, 1.82) is 0 Å². The second-order valence-corrected chi connectivity index (χ2v) is 7.49. The van der Waals surface area contributed by atoms with Gasteiger partial charge in [-0.3, -0.25) is 10.1 Å². The van der Waals surface area contributed by atoms with E-state index in [0.29, 0.717) is 0 Å². The van der Waals surface area contributed by atoms with Gasteiger partial charge in [0.2, 0.25) is 0 Å². The summed E-state index contributed by atoms with van der Waals surface area (Å²) < 4.78 is 5.25. The number of hydrogen-bond acceptors (Lipinski definition) is 4. The number of benzene rings is 3. The summed E-state index contributed by atoms with van der Waals surface area (Å²) in [5, 5.41) is 12.2. The second kappa shape index (κ2) is 7.78. The largest absolute Gasteiger partial charge is 0.497 e. The van der Waals surface area contributed by atoms with Crippen molar-refractivity contribution < 1.29 is 9.66 Å². The minimum absolute atomic E-state index is 0.00894. The van der Waals surface area contributed by atoms with E-state index in [4.69, 9.17) is 4.74 Å². The smallest absolute Gasteiger partial charge is 0.269 e. The summed E-state index contributed by atoms with van der Waals surface area (Å²) >= 11 is 1.70. The van der Waals surface area contributed by atoms with E-state index in [-0.39, 0.29) is 15.9 Å². The molecule has 0 bridgehead atoms. The molecule has 5 nitrogen and oxygen atoms in total. The first-order valence-electron chi connectivity index (χ1n) is 8.77. The standard InChI is InChI=1S/C22H18N2O3S/c1-27-17-10-12-18(13-11-17)28-22(15-6-8-16(9-7-15)24(25)26)20-14-23-21-5-3-2-4-19(20)21/h2-14,22-23H,1H3. The SMILES string of the molecule is COc1ccc(SC(c2ccc([N+](=O)[O-])cc2)c2c[nH]c3ccccc23)cc1. The Morgan fingerprint density at radius 1 is 1.00 bits per heavy atom. The molecule has 4 rings (SSSR count). The number of nitrogens with one attached hydrogen (secondary N) is 1. The number of non-ortho nitro benzene ring substituents is 1. The Bertz CT molecular complexity index is 1100. The molecule has 1 heterocycles. The van der Waals surface area contributed by atoms with Crippen LogP contribution in [0.3, 0.4) is 0 Å². The molecule has 0 saturated carbocycles. The Kier molecular flexibility index (Phi) is 5.04. The topological polar surface area (TPSA) is 68.2 Å². The fourth-order valence-corrected chi connectivity index (χ4v) is 4.36. The molecule has 28 heavy (non-hydrogen) atoms. The van der Waals surface area contributed by atoms with E-state index < -0.39 is 0 Å². The Morgan fingerprint density at radius 3 is 2.39 bits per heavy atom. The van der Waals surface area contributed by atoms with Crippen LogP contribution >= 0.6 is 11.8 Å². The van der Waals surface area contributed by atoms with Crippen molar-refractivity contribution in [2.75, 3.05) is 7.11 Å². The lowest BCUT2D eigenvalue weighted by molar-refractivity contribution is -0.384. The van der Waals surface area contributed by atoms with Gasteiger partial charge in [-0.2, -0.15) is 0 Å². The predicted octanol–water partition coefficient (Wildman–Crippen LogP) is 5.97. The fraction of sp³-hybridized carbons (Fsp3) is 0.0909. The predicted molar refractivity (Wildman–Crippen MR) is 112 cm³/mol. The lowest BCUT2D eigenvalue weighted by atomic mass is 10.0. The number of ether oxygens (including phenoxy) is 1. The van der Waals surface area contributed by atoms with Gasteiger partial charge in [-0.1, -0.05) is 30.3 Å². The number of para-hydroxylation sites is 1. The molecule has 140 valence electrons. The third-order valence-electron chi connectivity index (χ3n) is 4.62. The van der Waals surface area contributed by atoms with E-state index in [1.54, 1.807) is 31.0 Å². The Balaban J connectivity index is 1.76. The van der Waals surface area contributed by atoms with Crippen LogP contribution in [0.1, 0.15) is 16.4 Å². The second-order valence-electron chi connectivity index (χ2n) is 6.31. The lowest BCUT2D eigenvalue weighted by Gasteiger charge is -2.17. The summed E-state index contributed by atoms with van der Waals surface area (Å²) in [7, 11) is 1.65. The molecule has 0 fully saturated rings. The number of nitrogens with zero attached hydrogens (tertiary/aromatic N) is 1. The van der Waals surface area contributed by atoms with Gasteiger partial charge in [0, 0.05) is 34.1 Å². The number of rotatable bonds is 6. The first-order valence-corrected chi connectivity index (χ1v) is 9.65. The molecule has 1 unspecified atom stereocenters. The van der Waals surface area contributed by atoms with Crippen molar-refractivity contribution in [3.8, 4) is 5.75 Å². The van der Waals surface area contributed by atoms with Crippen molar-refractivity contribution in [2.24, 2.45) is 0 Å². The average molecular weight is 390 g/mol. The highest BCUT2D eigenvalue weighted by molar-refractivity contribution is 7.99. The maximum absolute atomic E-state index is 11.0. The van der Waals surface area contributed by atoms with Gasteiger partial charge < -0.3 is 9.72 Å². The van der Waals surface area contributed by atoms with Crippen LogP contribution in [0.25, 0.3) is 10.9 Å². The number of methoxy groups -OCH3 is 1. The van der Waals surface area contributed by atoms with Crippen LogP contribution in [0.4, 0.5) is 5.69 Å². The quantitative estimate of drug-likeness (QED) is 0.250. The van der Waals surface area contributed by atoms with Crippen molar-refractivity contribution in [3.05, 3.63) is 100 Å². The van der Waals surface area contributed by atoms with Gasteiger partial charge >= 0.3 is 0 Å². The zero-order valence-corrected chi connectivity index (χ0v) is 16.0. The Morgan fingerprint density at radius 2 is 1.71 bits per heavy atom. The molecule has 1 atom stereocenters. The van der Waals surface area contributed by atoms with E-state index in [1.807, 2.05) is 60.8 Å². The van der Waals surface area contributed by atoms with Gasteiger partial charge in [0.25, 0.3) is 5.69 Å². The summed E-state index contributed by atoms with van der Waals surface area (Å²) in [5.74, 6) is 0.809. The number of aromatic nitrogens is 1. The van der Waals surface area contributed by atoms with Gasteiger partial charge in [-0.05, 0) is 41.5 Å². The molecular formula is C22H18N2O3S. The number of nitro groups is 1. The van der Waals surface area contributed by atoms with Crippen LogP contribution in [0, 0.1) is 10.1 Å². The summed E-state index contributed by atoms with van der Waals surface area (Å²) in [6.07, 6.45) is 2.02. The molecule has 0 saturated heterocycles. The monoisotopic (exact) mass is 390 g/mol. The number of thioether (sulfide) groups is 1. The molecule has 1 N–H and O–H groups in total. The summed E-state index contributed by atoms with van der Waals surface area (Å²) in [6.45, 7) is 0. The molecule has 4 aromatic rings. The zero-order chi connectivity index (χ0) is 19.5. The highest BCUT2D eigenvalue weighted by atomic mass is 32.2. The molecular weight excluding hydrogens is 372 g/mol. The third kappa shape index (κ3) is 3.59. The van der Waals surface area contributed by atoms with Crippen molar-refractivity contribution >= 4 is 28.4 Å². The Hall–Kier alpha value is -3.25. The van der Waals surface area contributed by atoms with E-state index in [2.05, 4.69) is 11.1 Å². The van der Waals surface area contributed by atoms with Crippen LogP contribution in [-0.4, -0.2) is 17.0 Å². The molecule has 0 radical (unpaired) electrons. The Labute approximate surface area is 166 Å². The average Bonchev–Trinajstić information content (AvgIpc) is 3.16. The van der Waals surface area contributed by atoms with Crippen LogP contribution in [-0.2, 0) is 0 Å². The molecule has 0 spiro atoms. The minimum atomic E-state index is -0.374. The lowest BCUT2D eigenvalue weighted by Crippen LogP contribution is -1.97. The zero-order valence-electron chi connectivity index (χ0n) is 15.2. The molecule has 0 aliphatic carbocycles. The van der Waals surface area contributed by atoms with Crippen LogP contribution in [0.5, 0.6) is 5.75 Å². The fourth-order valence-electron chi connectivity index (χ4n) is 3.18. The number of H-pyrrole nitrogens is 1. The van der Waals surface area contributed by atoms with Crippen molar-refractivity contribution in [3.63, 3.8) is 0 Å². The summed E-state index contributed by atoms with van der Waals surface area (Å²) in [4.78, 5) is 15.1. The van der Waals surface area contributed by atoms with Crippen molar-refractivity contribution in [2.45, 2.75) is 10.1 Å². The van der Waals surface area contributed by atoms with Crippen LogP contribution in [0.2, 0.25) is 0 Å². The van der Waals surface area contributed by atoms with Gasteiger partial charge in [-0.15, -0.1) is 11.8 Å². The molecule has 0 aliphatic rings. The first-order chi connectivity index (χ1) is 13.7. The number of aromatic amines is 1. The van der Waals surface area contributed by atoms with Crippen LogP contribution in [0.15, 0.2) is 83.9 Å². The van der Waals surface area contributed by atoms with Crippen molar-refractivity contribution in [1.82, 2.24) is 4.98 Å². The number of fused-ring (bicyclic) bond motifs is 1. The van der Waals surface area contributed by atoms with E-state index in [0.717, 1.165) is 32.7 Å². The maximum atomic E-state index is 11.0. The van der Waals surface area contributed by atoms with Gasteiger partial charge in [0.1, 0.15) is 5.75 Å². The summed E-state index contributed by atoms with van der Waals surface area (Å²) in [6, 6.07) is 22.9. The molecule has 0 amide bonds. The normalized spacial score (nSPS) is 12.0. The molecule has 6 heteroatoms. The molecule has 3 aromatic carbocycles. The highest BCUT2D eigenvalue weighted by Crippen LogP contribution is 2.43. The maximum Gasteiger partial charge on any atom is 0.269 e. The van der Waals surface area contributed by atoms with E-state index in [1.165, 1.54) is 0 Å². The minimum Gasteiger partial charge on any atom is -0.497 e. The van der Waals surface area contributed by atoms with Gasteiger partial charge in [-0.25, -0.2) is 0 Å². The van der Waals surface area contributed by atoms with E-state index >= 15 is 0 Å². The van der Waals surface area contributed by atoms with Gasteiger partial charge in [0.05, 0.1) is 17.3 Å². The summed E-state index contributed by atoms with van der Waals surface area (Å²) in [5.41, 5.74) is 3.32. The molecule has 1 aromatic heterocycles. The first kappa shape index (κ1) is 18.1. The van der Waals surface area contributed by atoms with Crippen LogP contribution < -0.4 is 4.74 Å². The highest BCUT2D eigenvalue weighted by Gasteiger charge is 2.20.